The standard InChI is InChI=1S/C15H20BrFN2/c1-3-4-14(19-7-5-18-6-8-19)13-10-12(16)9-11(2)15(13)17/h3,9-10,14,18H,1,4-8H2,2H3/t14-/m1/s1. The fourth-order valence-corrected chi connectivity index (χ4v) is 3.21. The second-order valence-electron chi connectivity index (χ2n) is 4.95. The summed E-state index contributed by atoms with van der Waals surface area (Å²) in [4.78, 5) is 2.34. The van der Waals surface area contributed by atoms with E-state index in [0.29, 0.717) is 5.56 Å². The van der Waals surface area contributed by atoms with Gasteiger partial charge in [0.25, 0.3) is 0 Å². The van der Waals surface area contributed by atoms with Crippen LogP contribution in [0, 0.1) is 12.7 Å². The number of benzene rings is 1. The van der Waals surface area contributed by atoms with E-state index in [-0.39, 0.29) is 11.9 Å². The van der Waals surface area contributed by atoms with Gasteiger partial charge in [-0.15, -0.1) is 6.58 Å². The van der Waals surface area contributed by atoms with Crippen LogP contribution in [-0.2, 0) is 0 Å². The van der Waals surface area contributed by atoms with Crippen molar-refractivity contribution in [2.45, 2.75) is 19.4 Å². The number of rotatable bonds is 4. The molecule has 104 valence electrons. The Hall–Kier alpha value is -0.710. The number of nitrogens with zero attached hydrogens (tertiary/aromatic N) is 1. The number of halogens is 2. The predicted octanol–water partition coefficient (Wildman–Crippen LogP) is 3.42. The lowest BCUT2D eigenvalue weighted by Gasteiger charge is -2.35. The second kappa shape index (κ2) is 6.64. The van der Waals surface area contributed by atoms with Crippen molar-refractivity contribution in [1.82, 2.24) is 10.2 Å². The number of nitrogens with one attached hydrogen (secondary N) is 1. The largest absolute Gasteiger partial charge is 0.314 e. The maximum absolute atomic E-state index is 14.4. The van der Waals surface area contributed by atoms with E-state index < -0.39 is 0 Å². The SMILES string of the molecule is C=CC[C@H](c1cc(Br)cc(C)c1F)N1CCNCC1. The van der Waals surface area contributed by atoms with Crippen molar-refractivity contribution in [2.24, 2.45) is 0 Å². The van der Waals surface area contributed by atoms with Crippen molar-refractivity contribution in [3.63, 3.8) is 0 Å². The molecule has 1 aliphatic heterocycles. The number of hydrogen-bond donors (Lipinski definition) is 1. The van der Waals surface area contributed by atoms with Crippen LogP contribution in [0.25, 0.3) is 0 Å². The summed E-state index contributed by atoms with van der Waals surface area (Å²) in [6, 6.07) is 3.80. The summed E-state index contributed by atoms with van der Waals surface area (Å²) in [6.07, 6.45) is 2.65. The van der Waals surface area contributed by atoms with E-state index >= 15 is 0 Å². The molecule has 2 nitrogen and oxygen atoms in total. The zero-order valence-corrected chi connectivity index (χ0v) is 12.8. The summed E-state index contributed by atoms with van der Waals surface area (Å²) in [5.41, 5.74) is 1.46. The van der Waals surface area contributed by atoms with E-state index in [2.05, 4.69) is 32.7 Å². The van der Waals surface area contributed by atoms with Crippen molar-refractivity contribution in [3.8, 4) is 0 Å². The molecule has 2 rings (SSSR count). The van der Waals surface area contributed by atoms with Crippen molar-refractivity contribution >= 4 is 15.9 Å². The first-order chi connectivity index (χ1) is 9.13. The first-order valence-corrected chi connectivity index (χ1v) is 7.44. The van der Waals surface area contributed by atoms with Gasteiger partial charge in [0.2, 0.25) is 0 Å². The number of piperazine rings is 1. The van der Waals surface area contributed by atoms with Crippen molar-refractivity contribution in [1.29, 1.82) is 0 Å². The summed E-state index contributed by atoms with van der Waals surface area (Å²) >= 11 is 3.47. The molecule has 4 heteroatoms. The van der Waals surface area contributed by atoms with Crippen LogP contribution < -0.4 is 5.32 Å². The van der Waals surface area contributed by atoms with Gasteiger partial charge < -0.3 is 5.32 Å². The van der Waals surface area contributed by atoms with Crippen LogP contribution in [0.3, 0.4) is 0 Å². The molecule has 0 bridgehead atoms. The topological polar surface area (TPSA) is 15.3 Å². The van der Waals surface area contributed by atoms with Crippen LogP contribution >= 0.6 is 15.9 Å². The molecule has 1 fully saturated rings. The van der Waals surface area contributed by atoms with Gasteiger partial charge in [-0.2, -0.15) is 0 Å². The Morgan fingerprint density at radius 1 is 1.47 bits per heavy atom. The molecule has 1 heterocycles. The van der Waals surface area contributed by atoms with E-state index in [1.807, 2.05) is 25.1 Å². The van der Waals surface area contributed by atoms with Gasteiger partial charge in [0, 0.05) is 42.3 Å². The zero-order chi connectivity index (χ0) is 13.8. The quantitative estimate of drug-likeness (QED) is 0.853. The minimum Gasteiger partial charge on any atom is -0.314 e. The van der Waals surface area contributed by atoms with Crippen LogP contribution in [0.2, 0.25) is 0 Å². The second-order valence-corrected chi connectivity index (χ2v) is 5.87. The molecule has 0 aliphatic carbocycles. The molecule has 1 atom stereocenters. The molecule has 1 aliphatic rings. The Morgan fingerprint density at radius 3 is 2.79 bits per heavy atom. The summed E-state index contributed by atoms with van der Waals surface area (Å²) in [5.74, 6) is -0.0893. The van der Waals surface area contributed by atoms with Crippen LogP contribution in [0.1, 0.15) is 23.6 Å². The minimum absolute atomic E-state index is 0.0794. The molecule has 0 aromatic heterocycles. The molecule has 0 radical (unpaired) electrons. The third-order valence-corrected chi connectivity index (χ3v) is 4.05. The minimum atomic E-state index is -0.0893. The molecule has 1 N–H and O–H groups in total. The average molecular weight is 327 g/mol. The average Bonchev–Trinajstić information content (AvgIpc) is 2.41. The predicted molar refractivity (Wildman–Crippen MR) is 80.8 cm³/mol. The third kappa shape index (κ3) is 3.44. The fraction of sp³-hybridized carbons (Fsp3) is 0.467. The normalized spacial score (nSPS) is 18.3. The van der Waals surface area contributed by atoms with Gasteiger partial charge in [-0.3, -0.25) is 4.90 Å². The van der Waals surface area contributed by atoms with Crippen molar-refractivity contribution in [2.75, 3.05) is 26.2 Å². The third-order valence-electron chi connectivity index (χ3n) is 3.59. The van der Waals surface area contributed by atoms with Gasteiger partial charge in [0.05, 0.1) is 0 Å². The molecule has 1 aromatic carbocycles. The highest BCUT2D eigenvalue weighted by molar-refractivity contribution is 9.10. The molecular formula is C15H20BrFN2. The molecule has 1 aromatic rings. The van der Waals surface area contributed by atoms with Crippen molar-refractivity contribution < 1.29 is 4.39 Å². The molecule has 19 heavy (non-hydrogen) atoms. The summed E-state index contributed by atoms with van der Waals surface area (Å²) in [7, 11) is 0. The van der Waals surface area contributed by atoms with E-state index in [9.17, 15) is 4.39 Å². The Kier molecular flexibility index (Phi) is 5.13. The molecule has 0 amide bonds. The Labute approximate surface area is 122 Å². The van der Waals surface area contributed by atoms with Gasteiger partial charge in [-0.25, -0.2) is 4.39 Å². The first-order valence-electron chi connectivity index (χ1n) is 6.64. The Morgan fingerprint density at radius 2 is 2.16 bits per heavy atom. The zero-order valence-electron chi connectivity index (χ0n) is 11.3. The maximum Gasteiger partial charge on any atom is 0.130 e. The van der Waals surface area contributed by atoms with Crippen LogP contribution in [0.4, 0.5) is 4.39 Å². The molecule has 0 unspecified atom stereocenters. The Balaban J connectivity index is 2.34. The maximum atomic E-state index is 14.4. The highest BCUT2D eigenvalue weighted by atomic mass is 79.9. The highest BCUT2D eigenvalue weighted by Gasteiger charge is 2.24. The molecule has 1 saturated heterocycles. The van der Waals surface area contributed by atoms with E-state index in [1.54, 1.807) is 0 Å². The molecule has 0 saturated carbocycles. The van der Waals surface area contributed by atoms with E-state index in [0.717, 1.165) is 42.6 Å². The summed E-state index contributed by atoms with van der Waals surface area (Å²) < 4.78 is 15.3. The van der Waals surface area contributed by atoms with Gasteiger partial charge in [0.15, 0.2) is 0 Å². The van der Waals surface area contributed by atoms with E-state index in [4.69, 9.17) is 0 Å². The monoisotopic (exact) mass is 326 g/mol. The van der Waals surface area contributed by atoms with Gasteiger partial charge in [-0.1, -0.05) is 22.0 Å². The van der Waals surface area contributed by atoms with Gasteiger partial charge >= 0.3 is 0 Å². The lowest BCUT2D eigenvalue weighted by molar-refractivity contribution is 0.171. The van der Waals surface area contributed by atoms with Crippen LogP contribution in [0.5, 0.6) is 0 Å². The molecular weight excluding hydrogens is 307 g/mol. The van der Waals surface area contributed by atoms with Gasteiger partial charge in [0.1, 0.15) is 5.82 Å². The Bertz CT molecular complexity index is 456. The highest BCUT2D eigenvalue weighted by Crippen LogP contribution is 2.31. The molecule has 0 spiro atoms. The summed E-state index contributed by atoms with van der Waals surface area (Å²) in [5, 5.41) is 3.33. The van der Waals surface area contributed by atoms with E-state index in [1.165, 1.54) is 0 Å². The smallest absolute Gasteiger partial charge is 0.130 e. The number of hydrogen-bond acceptors (Lipinski definition) is 2. The lowest BCUT2D eigenvalue weighted by atomic mass is 9.98. The fourth-order valence-electron chi connectivity index (χ4n) is 2.62. The van der Waals surface area contributed by atoms with Gasteiger partial charge in [-0.05, 0) is 31.0 Å². The van der Waals surface area contributed by atoms with Crippen molar-refractivity contribution in [3.05, 3.63) is 46.2 Å². The van der Waals surface area contributed by atoms with Crippen LogP contribution in [-0.4, -0.2) is 31.1 Å². The van der Waals surface area contributed by atoms with Crippen LogP contribution in [0.15, 0.2) is 29.3 Å². The summed E-state index contributed by atoms with van der Waals surface area (Å²) in [6.45, 7) is 9.45. The first kappa shape index (κ1) is 14.7. The number of aryl methyl sites for hydroxylation is 1. The lowest BCUT2D eigenvalue weighted by Crippen LogP contribution is -2.45.